The maximum atomic E-state index is 10.6. The number of rotatable bonds is 2. The summed E-state index contributed by atoms with van der Waals surface area (Å²) in [7, 11) is 0. The van der Waals surface area contributed by atoms with Crippen LogP contribution in [0.5, 0.6) is 0 Å². The van der Waals surface area contributed by atoms with Crippen molar-refractivity contribution in [2.45, 2.75) is 0 Å². The molecule has 0 aromatic heterocycles. The van der Waals surface area contributed by atoms with Crippen LogP contribution in [0.3, 0.4) is 0 Å². The van der Waals surface area contributed by atoms with E-state index in [0.717, 1.165) is 8.95 Å². The number of carbonyl (C=O) groups excluding carboxylic acids is 2. The minimum absolute atomic E-state index is 0.312. The molecule has 2 nitrogen and oxygen atoms in total. The second kappa shape index (κ2) is 13.5. The van der Waals surface area contributed by atoms with Crippen molar-refractivity contribution < 1.29 is 9.59 Å². The topological polar surface area (TPSA) is 34.1 Å². The molecule has 136 valence electrons. The van der Waals surface area contributed by atoms with Crippen LogP contribution in [-0.4, -0.2) is 34.9 Å². The number of halogens is 2. The summed E-state index contributed by atoms with van der Waals surface area (Å²) in [6.45, 7) is 0. The maximum absolute atomic E-state index is 10.6. The molecule has 0 N–H and O–H groups in total. The molecular weight excluding hydrogens is 705 g/mol. The van der Waals surface area contributed by atoms with Gasteiger partial charge in [-0.3, -0.25) is 0 Å². The molecule has 2 radical (unpaired) electrons. The molecule has 0 aliphatic carbocycles. The Morgan fingerprint density at radius 2 is 0.963 bits per heavy atom. The van der Waals surface area contributed by atoms with Gasteiger partial charge in [0.15, 0.2) is 0 Å². The van der Waals surface area contributed by atoms with Crippen LogP contribution in [0.2, 0.25) is 0 Å². The van der Waals surface area contributed by atoms with E-state index in [4.69, 9.17) is 0 Å². The molecule has 0 saturated carbocycles. The summed E-state index contributed by atoms with van der Waals surface area (Å²) in [5.74, 6) is 0. The van der Waals surface area contributed by atoms with E-state index in [1.807, 2.05) is 6.07 Å². The molecule has 3 aromatic rings. The van der Waals surface area contributed by atoms with Gasteiger partial charge in [0.25, 0.3) is 0 Å². The van der Waals surface area contributed by atoms with Crippen molar-refractivity contribution >= 4 is 95.3 Å². The Morgan fingerprint density at radius 3 is 1.19 bits per heavy atom. The summed E-state index contributed by atoms with van der Waals surface area (Å²) >= 11 is 16.7. The van der Waals surface area contributed by atoms with Crippen molar-refractivity contribution in [2.75, 3.05) is 0 Å². The van der Waals surface area contributed by atoms with Gasteiger partial charge in [0, 0.05) is 19.2 Å². The SMILES string of the molecule is O=C([S-])c1ccc(Br)cc1.O=C([S-])c1ccc(Br)cc1.[Bi+2][c]1ccccc1. The average Bonchev–Trinajstić information content (AvgIpc) is 2.64. The van der Waals surface area contributed by atoms with Crippen LogP contribution in [0.1, 0.15) is 20.7 Å². The van der Waals surface area contributed by atoms with Gasteiger partial charge in [-0.05, 0) is 35.4 Å². The van der Waals surface area contributed by atoms with Gasteiger partial charge in [0.1, 0.15) is 0 Å². The van der Waals surface area contributed by atoms with Crippen LogP contribution < -0.4 is 3.27 Å². The van der Waals surface area contributed by atoms with Crippen molar-refractivity contribution in [3.05, 3.63) is 98.9 Å². The van der Waals surface area contributed by atoms with Crippen LogP contribution in [0.4, 0.5) is 0 Å². The predicted molar refractivity (Wildman–Crippen MR) is 124 cm³/mol. The van der Waals surface area contributed by atoms with Crippen LogP contribution in [-0.2, 0) is 25.3 Å². The van der Waals surface area contributed by atoms with Gasteiger partial charge in [-0.25, -0.2) is 0 Å². The van der Waals surface area contributed by atoms with Crippen LogP contribution in [0, 0.1) is 0 Å². The van der Waals surface area contributed by atoms with E-state index in [2.05, 4.69) is 81.4 Å². The number of hydrogen-bond acceptors (Lipinski definition) is 4. The second-order valence-corrected chi connectivity index (χ2v) is 9.50. The quantitative estimate of drug-likeness (QED) is 0.283. The molecule has 0 aliphatic rings. The second-order valence-electron chi connectivity index (χ2n) is 4.92. The zero-order valence-electron chi connectivity index (χ0n) is 13.8. The summed E-state index contributed by atoms with van der Waals surface area (Å²) in [4.78, 5) is 21.1. The molecule has 0 unspecified atom stereocenters. The summed E-state index contributed by atoms with van der Waals surface area (Å²) in [6.07, 6.45) is 0. The van der Waals surface area contributed by atoms with Crippen molar-refractivity contribution in [1.82, 2.24) is 0 Å². The fourth-order valence-corrected chi connectivity index (χ4v) is 3.07. The first-order valence-corrected chi connectivity index (χ1v) is 11.6. The third-order valence-corrected chi connectivity index (χ3v) is 5.60. The van der Waals surface area contributed by atoms with E-state index in [-0.39, 0.29) is 10.2 Å². The van der Waals surface area contributed by atoms with Gasteiger partial charge in [0.2, 0.25) is 0 Å². The van der Waals surface area contributed by atoms with Gasteiger partial charge in [-0.2, -0.15) is 0 Å². The van der Waals surface area contributed by atoms with Crippen LogP contribution in [0.15, 0.2) is 87.8 Å². The van der Waals surface area contributed by atoms with E-state index >= 15 is 0 Å². The molecule has 0 amide bonds. The van der Waals surface area contributed by atoms with Crippen LogP contribution in [0.25, 0.3) is 0 Å². The Kier molecular flexibility index (Phi) is 12.1. The average molecular weight is 718 g/mol. The summed E-state index contributed by atoms with van der Waals surface area (Å²) in [6, 6.07) is 24.4. The fourth-order valence-electron chi connectivity index (χ4n) is 1.60. The van der Waals surface area contributed by atoms with E-state index in [9.17, 15) is 9.59 Å². The normalized spacial score (nSPS) is 9.11. The number of benzene rings is 3. The predicted octanol–water partition coefficient (Wildman–Crippen LogP) is 4.75. The molecule has 7 heteroatoms. The Labute approximate surface area is 202 Å². The molecule has 0 heterocycles. The van der Waals surface area contributed by atoms with E-state index in [0.29, 0.717) is 11.1 Å². The van der Waals surface area contributed by atoms with Gasteiger partial charge in [-0.15, -0.1) is 0 Å². The first kappa shape index (κ1) is 24.3. The van der Waals surface area contributed by atoms with Gasteiger partial charge >= 0.3 is 58.3 Å². The molecule has 0 aliphatic heterocycles. The fraction of sp³-hybridized carbons (Fsp3) is 0. The van der Waals surface area contributed by atoms with Crippen molar-refractivity contribution in [2.24, 2.45) is 0 Å². The summed E-state index contributed by atoms with van der Waals surface area (Å²) in [5, 5.41) is -0.625. The van der Waals surface area contributed by atoms with Crippen molar-refractivity contribution in [1.29, 1.82) is 0 Å². The first-order chi connectivity index (χ1) is 12.8. The third-order valence-electron chi connectivity index (χ3n) is 2.92. The summed E-state index contributed by atoms with van der Waals surface area (Å²) < 4.78 is 3.34. The monoisotopic (exact) mass is 716 g/mol. The van der Waals surface area contributed by atoms with E-state index in [1.54, 1.807) is 48.5 Å². The van der Waals surface area contributed by atoms with Gasteiger partial charge < -0.3 is 34.8 Å². The van der Waals surface area contributed by atoms with E-state index in [1.165, 1.54) is 28.0 Å². The zero-order chi connectivity index (χ0) is 20.2. The summed E-state index contributed by atoms with van der Waals surface area (Å²) in [5.41, 5.74) is 1.14. The molecule has 0 fully saturated rings. The molecule has 0 atom stereocenters. The molecule has 0 spiro atoms. The van der Waals surface area contributed by atoms with Crippen LogP contribution >= 0.6 is 31.9 Å². The standard InChI is InChI=1S/2C7H5BrOS.C6H5.Bi/c2*8-6-3-1-5(2-4-6)7(9)10;1-2-4-6-5-3-1;/h2*1-4H,(H,9,10);1-5H;/q;;;+2/p-2. The molecule has 0 saturated heterocycles. The number of hydrogen-bond donors (Lipinski definition) is 0. The third kappa shape index (κ3) is 11.0. The minimum atomic E-state index is -0.312. The molecule has 27 heavy (non-hydrogen) atoms. The molecular formula is C20H13BiBr2O2S2. The molecule has 3 rings (SSSR count). The molecule has 3 aromatic carbocycles. The Balaban J connectivity index is 0.000000206. The van der Waals surface area contributed by atoms with Crippen molar-refractivity contribution in [3.8, 4) is 0 Å². The first-order valence-electron chi connectivity index (χ1n) is 7.47. The van der Waals surface area contributed by atoms with E-state index < -0.39 is 0 Å². The van der Waals surface area contributed by atoms with Gasteiger partial charge in [0.05, 0.1) is 0 Å². The van der Waals surface area contributed by atoms with Crippen molar-refractivity contribution in [3.63, 3.8) is 0 Å². The Hall–Kier alpha value is -0.717. The Morgan fingerprint density at radius 1 is 0.630 bits per heavy atom. The molecule has 0 bridgehead atoms. The van der Waals surface area contributed by atoms with Gasteiger partial charge in [-0.1, -0.05) is 56.1 Å². The Bertz CT molecular complexity index is 800. The number of carbonyl (C=O) groups is 2. The zero-order valence-corrected chi connectivity index (χ0v) is 22.1.